The zero-order valence-corrected chi connectivity index (χ0v) is 11.2. The molecule has 5 heteroatoms. The van der Waals surface area contributed by atoms with Crippen molar-refractivity contribution in [1.29, 1.82) is 0 Å². The molecule has 82 valence electrons. The summed E-state index contributed by atoms with van der Waals surface area (Å²) in [5.41, 5.74) is 0. The summed E-state index contributed by atoms with van der Waals surface area (Å²) in [6, 6.07) is 2.24. The lowest BCUT2D eigenvalue weighted by atomic mass is 10.2. The molecule has 0 amide bonds. The molecule has 0 radical (unpaired) electrons. The molecule has 1 unspecified atom stereocenters. The zero-order valence-electron chi connectivity index (χ0n) is 8.09. The standard InChI is InChI=1S/C10H11BrCl2N2/c11-5-8-2-1-3-15(8)10-9(13)4-7(12)6-14-10/h4,6,8H,1-3,5H2. The fourth-order valence-corrected chi connectivity index (χ4v) is 3.06. The van der Waals surface area contributed by atoms with Gasteiger partial charge >= 0.3 is 0 Å². The maximum absolute atomic E-state index is 6.13. The Balaban J connectivity index is 2.28. The van der Waals surface area contributed by atoms with Crippen molar-refractivity contribution < 1.29 is 0 Å². The molecule has 2 nitrogen and oxygen atoms in total. The average molecular weight is 310 g/mol. The lowest BCUT2D eigenvalue weighted by Gasteiger charge is -2.24. The van der Waals surface area contributed by atoms with Gasteiger partial charge in [-0.1, -0.05) is 39.1 Å². The molecule has 0 aliphatic carbocycles. The lowest BCUT2D eigenvalue weighted by molar-refractivity contribution is 0.742. The van der Waals surface area contributed by atoms with Gasteiger partial charge < -0.3 is 4.90 Å². The Labute approximate surface area is 108 Å². The molecule has 0 saturated carbocycles. The smallest absolute Gasteiger partial charge is 0.147 e. The number of rotatable bonds is 2. The normalized spacial score (nSPS) is 21.0. The number of anilines is 1. The van der Waals surface area contributed by atoms with Gasteiger partial charge in [-0.25, -0.2) is 4.98 Å². The van der Waals surface area contributed by atoms with Gasteiger partial charge in [0.15, 0.2) is 0 Å². The number of pyridine rings is 1. The summed E-state index contributed by atoms with van der Waals surface area (Å²) < 4.78 is 0. The fraction of sp³-hybridized carbons (Fsp3) is 0.500. The topological polar surface area (TPSA) is 16.1 Å². The van der Waals surface area contributed by atoms with E-state index in [0.29, 0.717) is 16.1 Å². The van der Waals surface area contributed by atoms with Gasteiger partial charge in [0.05, 0.1) is 10.0 Å². The minimum Gasteiger partial charge on any atom is -0.352 e. The molecule has 0 N–H and O–H groups in total. The van der Waals surface area contributed by atoms with Crippen molar-refractivity contribution in [2.45, 2.75) is 18.9 Å². The molecule has 1 aliphatic heterocycles. The molecule has 2 rings (SSSR count). The van der Waals surface area contributed by atoms with E-state index in [1.165, 1.54) is 12.8 Å². The highest BCUT2D eigenvalue weighted by molar-refractivity contribution is 9.09. The van der Waals surface area contributed by atoms with E-state index in [0.717, 1.165) is 17.7 Å². The summed E-state index contributed by atoms with van der Waals surface area (Å²) in [4.78, 5) is 6.54. The molecule has 0 spiro atoms. The van der Waals surface area contributed by atoms with E-state index in [2.05, 4.69) is 25.8 Å². The summed E-state index contributed by atoms with van der Waals surface area (Å²) in [6.07, 6.45) is 4.02. The summed E-state index contributed by atoms with van der Waals surface area (Å²) >= 11 is 15.5. The number of aromatic nitrogens is 1. The van der Waals surface area contributed by atoms with Crippen molar-refractivity contribution >= 4 is 44.9 Å². The molecule has 2 heterocycles. The Hall–Kier alpha value is 0.01000. The number of alkyl halides is 1. The largest absolute Gasteiger partial charge is 0.352 e. The van der Waals surface area contributed by atoms with Gasteiger partial charge in [-0.05, 0) is 18.9 Å². The third-order valence-corrected chi connectivity index (χ3v) is 3.85. The second kappa shape index (κ2) is 4.89. The van der Waals surface area contributed by atoms with Gasteiger partial charge in [-0.2, -0.15) is 0 Å². The number of hydrogen-bond donors (Lipinski definition) is 0. The Morgan fingerprint density at radius 1 is 1.53 bits per heavy atom. The van der Waals surface area contributed by atoms with Crippen LogP contribution >= 0.6 is 39.1 Å². The Morgan fingerprint density at radius 2 is 2.33 bits per heavy atom. The van der Waals surface area contributed by atoms with Crippen LogP contribution in [0, 0.1) is 0 Å². The fourth-order valence-electron chi connectivity index (χ4n) is 1.89. The van der Waals surface area contributed by atoms with E-state index < -0.39 is 0 Å². The molecule has 1 fully saturated rings. The molecule has 1 aliphatic rings. The van der Waals surface area contributed by atoms with E-state index in [1.807, 2.05) is 0 Å². The third-order valence-electron chi connectivity index (χ3n) is 2.62. The van der Waals surface area contributed by atoms with Gasteiger partial charge in [0.25, 0.3) is 0 Å². The molecule has 1 aromatic rings. The van der Waals surface area contributed by atoms with Crippen molar-refractivity contribution in [3.05, 3.63) is 22.3 Å². The highest BCUT2D eigenvalue weighted by Gasteiger charge is 2.26. The molecule has 1 aromatic heterocycles. The first kappa shape index (κ1) is 11.5. The zero-order chi connectivity index (χ0) is 10.8. The van der Waals surface area contributed by atoms with Crippen LogP contribution < -0.4 is 4.90 Å². The van der Waals surface area contributed by atoms with E-state index in [9.17, 15) is 0 Å². The Kier molecular flexibility index (Phi) is 3.75. The summed E-state index contributed by atoms with van der Waals surface area (Å²) in [6.45, 7) is 1.02. The van der Waals surface area contributed by atoms with Gasteiger partial charge in [-0.15, -0.1) is 0 Å². The molecular weight excluding hydrogens is 299 g/mol. The van der Waals surface area contributed by atoms with Crippen molar-refractivity contribution in [2.75, 3.05) is 16.8 Å². The van der Waals surface area contributed by atoms with Crippen molar-refractivity contribution in [3.63, 3.8) is 0 Å². The SMILES string of the molecule is Clc1cnc(N2CCCC2CBr)c(Cl)c1. The van der Waals surface area contributed by atoms with Crippen molar-refractivity contribution in [3.8, 4) is 0 Å². The highest BCUT2D eigenvalue weighted by atomic mass is 79.9. The molecular formula is C10H11BrCl2N2. The maximum Gasteiger partial charge on any atom is 0.147 e. The predicted molar refractivity (Wildman–Crippen MR) is 68.4 cm³/mol. The number of halogens is 3. The summed E-state index contributed by atoms with van der Waals surface area (Å²) in [7, 11) is 0. The van der Waals surface area contributed by atoms with Crippen LogP contribution in [0.5, 0.6) is 0 Å². The van der Waals surface area contributed by atoms with Gasteiger partial charge in [0.2, 0.25) is 0 Å². The van der Waals surface area contributed by atoms with E-state index >= 15 is 0 Å². The average Bonchev–Trinajstić information content (AvgIpc) is 2.65. The predicted octanol–water partition coefficient (Wildman–Crippen LogP) is 3.75. The third kappa shape index (κ3) is 2.40. The van der Waals surface area contributed by atoms with Crippen LogP contribution in [0.15, 0.2) is 12.3 Å². The molecule has 0 aromatic carbocycles. The van der Waals surface area contributed by atoms with Crippen molar-refractivity contribution in [1.82, 2.24) is 4.98 Å². The van der Waals surface area contributed by atoms with Gasteiger partial charge in [0, 0.05) is 24.1 Å². The molecule has 1 saturated heterocycles. The lowest BCUT2D eigenvalue weighted by Crippen LogP contribution is -2.31. The van der Waals surface area contributed by atoms with Gasteiger partial charge in [0.1, 0.15) is 5.82 Å². The Morgan fingerprint density at radius 3 is 3.00 bits per heavy atom. The first-order valence-electron chi connectivity index (χ1n) is 4.86. The van der Waals surface area contributed by atoms with E-state index in [4.69, 9.17) is 23.2 Å². The first-order valence-corrected chi connectivity index (χ1v) is 6.73. The van der Waals surface area contributed by atoms with E-state index in [-0.39, 0.29) is 0 Å². The second-order valence-electron chi connectivity index (χ2n) is 3.60. The van der Waals surface area contributed by atoms with Crippen molar-refractivity contribution in [2.24, 2.45) is 0 Å². The van der Waals surface area contributed by atoms with Crippen LogP contribution in [0.25, 0.3) is 0 Å². The van der Waals surface area contributed by atoms with Gasteiger partial charge in [-0.3, -0.25) is 0 Å². The monoisotopic (exact) mass is 308 g/mol. The summed E-state index contributed by atoms with van der Waals surface area (Å²) in [5, 5.41) is 2.17. The minimum absolute atomic E-state index is 0.496. The van der Waals surface area contributed by atoms with Crippen LogP contribution in [0.2, 0.25) is 10.0 Å². The summed E-state index contributed by atoms with van der Waals surface area (Å²) in [5.74, 6) is 0.850. The highest BCUT2D eigenvalue weighted by Crippen LogP contribution is 2.31. The quantitative estimate of drug-likeness (QED) is 0.773. The Bertz CT molecular complexity index is 359. The second-order valence-corrected chi connectivity index (χ2v) is 5.09. The van der Waals surface area contributed by atoms with Crippen LogP contribution in [0.4, 0.5) is 5.82 Å². The van der Waals surface area contributed by atoms with Crippen LogP contribution in [0.1, 0.15) is 12.8 Å². The maximum atomic E-state index is 6.13. The number of hydrogen-bond acceptors (Lipinski definition) is 2. The molecule has 1 atom stereocenters. The van der Waals surface area contributed by atoms with Crippen LogP contribution in [-0.2, 0) is 0 Å². The first-order chi connectivity index (χ1) is 7.22. The molecule has 0 bridgehead atoms. The minimum atomic E-state index is 0.496. The number of nitrogens with zero attached hydrogens (tertiary/aromatic N) is 2. The van der Waals surface area contributed by atoms with E-state index in [1.54, 1.807) is 12.3 Å². The van der Waals surface area contributed by atoms with Crippen LogP contribution in [-0.4, -0.2) is 22.9 Å². The molecule has 15 heavy (non-hydrogen) atoms. The van der Waals surface area contributed by atoms with Crippen LogP contribution in [0.3, 0.4) is 0 Å².